The number of fused-ring (bicyclic) bond motifs is 1. The lowest BCUT2D eigenvalue weighted by Gasteiger charge is -2.03. The highest BCUT2D eigenvalue weighted by atomic mass is 35.5. The maximum Gasteiger partial charge on any atom is 0.238 e. The third-order valence-electron chi connectivity index (χ3n) is 1.71. The Hall–Kier alpha value is -1.29. The molecular weight excluding hydrogens is 190 g/mol. The van der Waals surface area contributed by atoms with E-state index in [4.69, 9.17) is 16.3 Å². The van der Waals surface area contributed by atoms with Crippen molar-refractivity contribution in [3.63, 3.8) is 0 Å². The molecule has 13 heavy (non-hydrogen) atoms. The fraction of sp³-hybridized carbons (Fsp3) is 0.250. The smallest absolute Gasteiger partial charge is 0.238 e. The number of nitrogens with zero attached hydrogens (tertiary/aromatic N) is 3. The van der Waals surface area contributed by atoms with E-state index < -0.39 is 0 Å². The van der Waals surface area contributed by atoms with E-state index in [1.165, 1.54) is 0 Å². The van der Waals surface area contributed by atoms with Crippen molar-refractivity contribution in [1.29, 1.82) is 0 Å². The summed E-state index contributed by atoms with van der Waals surface area (Å²) in [7, 11) is 1.60. The number of halogens is 1. The molecule has 0 fully saturated rings. The van der Waals surface area contributed by atoms with Crippen molar-refractivity contribution < 1.29 is 4.74 Å². The average Bonchev–Trinajstić information content (AvgIpc) is 2.43. The number of ether oxygens (including phenoxy) is 1. The van der Waals surface area contributed by atoms with Crippen LogP contribution < -0.4 is 4.74 Å². The Balaban J connectivity index is 2.80. The third-order valence-corrected chi connectivity index (χ3v) is 1.90. The van der Waals surface area contributed by atoms with Crippen molar-refractivity contribution in [1.82, 2.24) is 14.4 Å². The molecule has 0 aliphatic heterocycles. The Morgan fingerprint density at radius 1 is 1.46 bits per heavy atom. The minimum atomic E-state index is 0.413. The summed E-state index contributed by atoms with van der Waals surface area (Å²) in [5.74, 6) is 1.24. The predicted molar refractivity (Wildman–Crippen MR) is 49.3 cm³/mol. The highest BCUT2D eigenvalue weighted by molar-refractivity contribution is 6.29. The van der Waals surface area contributed by atoms with Crippen LogP contribution in [0.3, 0.4) is 0 Å². The second-order valence-electron chi connectivity index (χ2n) is 2.67. The summed E-state index contributed by atoms with van der Waals surface area (Å²) in [5.41, 5.74) is 0.853. The molecule has 0 N–H and O–H groups in total. The van der Waals surface area contributed by atoms with Gasteiger partial charge in [0.05, 0.1) is 13.3 Å². The molecule has 0 radical (unpaired) electrons. The zero-order valence-corrected chi connectivity index (χ0v) is 8.04. The van der Waals surface area contributed by atoms with Gasteiger partial charge in [0.2, 0.25) is 11.7 Å². The molecule has 0 atom stereocenters. The summed E-state index contributed by atoms with van der Waals surface area (Å²) in [4.78, 5) is 8.21. The summed E-state index contributed by atoms with van der Waals surface area (Å²) in [5, 5.41) is 0.413. The van der Waals surface area contributed by atoms with Crippen LogP contribution in [0.25, 0.3) is 5.78 Å². The van der Waals surface area contributed by atoms with Gasteiger partial charge in [-0.25, -0.2) is 4.98 Å². The van der Waals surface area contributed by atoms with Crippen molar-refractivity contribution in [3.8, 4) is 5.88 Å². The predicted octanol–water partition coefficient (Wildman–Crippen LogP) is 1.70. The van der Waals surface area contributed by atoms with E-state index in [-0.39, 0.29) is 0 Å². The normalized spacial score (nSPS) is 10.7. The van der Waals surface area contributed by atoms with Gasteiger partial charge in [0.25, 0.3) is 0 Å². The Morgan fingerprint density at radius 2 is 2.23 bits per heavy atom. The van der Waals surface area contributed by atoms with Gasteiger partial charge in [-0.1, -0.05) is 11.6 Å². The van der Waals surface area contributed by atoms with E-state index >= 15 is 0 Å². The number of hydrogen-bond acceptors (Lipinski definition) is 3. The molecule has 0 aromatic carbocycles. The van der Waals surface area contributed by atoms with E-state index in [1.807, 2.05) is 13.0 Å². The van der Waals surface area contributed by atoms with Gasteiger partial charge < -0.3 is 4.74 Å². The minimum Gasteiger partial charge on any atom is -0.482 e. The zero-order valence-electron chi connectivity index (χ0n) is 7.28. The minimum absolute atomic E-state index is 0.413. The van der Waals surface area contributed by atoms with Gasteiger partial charge in [-0.05, 0) is 6.92 Å². The van der Waals surface area contributed by atoms with Gasteiger partial charge in [-0.2, -0.15) is 4.98 Å². The second-order valence-corrected chi connectivity index (χ2v) is 3.06. The lowest BCUT2D eigenvalue weighted by atomic mass is 10.4. The lowest BCUT2D eigenvalue weighted by Crippen LogP contribution is -1.96. The fourth-order valence-electron chi connectivity index (χ4n) is 1.18. The van der Waals surface area contributed by atoms with Crippen molar-refractivity contribution >= 4 is 17.4 Å². The molecule has 2 aromatic rings. The van der Waals surface area contributed by atoms with Crippen LogP contribution >= 0.6 is 11.6 Å². The highest BCUT2D eigenvalue weighted by Gasteiger charge is 2.06. The highest BCUT2D eigenvalue weighted by Crippen LogP contribution is 2.17. The SMILES string of the molecule is COc1cc(C)nc2nc(Cl)cn12. The van der Waals surface area contributed by atoms with Crippen molar-refractivity contribution in [2.45, 2.75) is 6.92 Å². The van der Waals surface area contributed by atoms with Gasteiger partial charge in [0.1, 0.15) is 5.15 Å². The molecule has 4 nitrogen and oxygen atoms in total. The van der Waals surface area contributed by atoms with Crippen LogP contribution in [-0.4, -0.2) is 21.5 Å². The summed E-state index contributed by atoms with van der Waals surface area (Å²) in [6.45, 7) is 1.88. The molecular formula is C8H8ClN3O. The Bertz CT molecular complexity index is 452. The first-order valence-corrected chi connectivity index (χ1v) is 4.15. The summed E-state index contributed by atoms with van der Waals surface area (Å²) in [6.07, 6.45) is 1.67. The zero-order chi connectivity index (χ0) is 9.42. The molecule has 0 saturated carbocycles. The van der Waals surface area contributed by atoms with Gasteiger partial charge in [-0.3, -0.25) is 4.40 Å². The number of rotatable bonds is 1. The number of methoxy groups -OCH3 is 1. The molecule has 2 aromatic heterocycles. The van der Waals surface area contributed by atoms with Crippen LogP contribution in [0.4, 0.5) is 0 Å². The van der Waals surface area contributed by atoms with Crippen LogP contribution in [0.15, 0.2) is 12.3 Å². The number of imidazole rings is 1. The molecule has 0 spiro atoms. The number of aromatic nitrogens is 3. The van der Waals surface area contributed by atoms with Crippen LogP contribution in [0, 0.1) is 6.92 Å². The Morgan fingerprint density at radius 3 is 2.92 bits per heavy atom. The van der Waals surface area contributed by atoms with E-state index in [0.29, 0.717) is 16.8 Å². The van der Waals surface area contributed by atoms with E-state index in [0.717, 1.165) is 5.69 Å². The van der Waals surface area contributed by atoms with Gasteiger partial charge in [-0.15, -0.1) is 0 Å². The summed E-state index contributed by atoms with van der Waals surface area (Å²) in [6, 6.07) is 1.82. The standard InChI is InChI=1S/C8H8ClN3O/c1-5-3-7(13-2)12-4-6(9)11-8(12)10-5/h3-4H,1-2H3. The number of aryl methyl sites for hydroxylation is 1. The summed E-state index contributed by atoms with van der Waals surface area (Å²) >= 11 is 5.74. The first-order chi connectivity index (χ1) is 6.20. The van der Waals surface area contributed by atoms with Crippen LogP contribution in [0.2, 0.25) is 5.15 Å². The average molecular weight is 198 g/mol. The monoisotopic (exact) mass is 197 g/mol. The van der Waals surface area contributed by atoms with Crippen molar-refractivity contribution in [2.24, 2.45) is 0 Å². The molecule has 5 heteroatoms. The Kier molecular flexibility index (Phi) is 1.84. The molecule has 0 aliphatic carbocycles. The van der Waals surface area contributed by atoms with Crippen LogP contribution in [0.5, 0.6) is 5.88 Å². The van der Waals surface area contributed by atoms with Crippen LogP contribution in [-0.2, 0) is 0 Å². The molecule has 0 saturated heterocycles. The molecule has 2 rings (SSSR count). The van der Waals surface area contributed by atoms with E-state index in [2.05, 4.69) is 9.97 Å². The van der Waals surface area contributed by atoms with Gasteiger partial charge in [0.15, 0.2) is 0 Å². The molecule has 2 heterocycles. The fourth-order valence-corrected chi connectivity index (χ4v) is 1.35. The second kappa shape index (κ2) is 2.88. The first kappa shape index (κ1) is 8.31. The maximum atomic E-state index is 5.74. The largest absolute Gasteiger partial charge is 0.482 e. The Labute approximate surface area is 80.1 Å². The van der Waals surface area contributed by atoms with E-state index in [1.54, 1.807) is 17.7 Å². The van der Waals surface area contributed by atoms with Crippen molar-refractivity contribution in [3.05, 3.63) is 23.1 Å². The molecule has 0 amide bonds. The maximum absolute atomic E-state index is 5.74. The van der Waals surface area contributed by atoms with Crippen molar-refractivity contribution in [2.75, 3.05) is 7.11 Å². The molecule has 0 bridgehead atoms. The first-order valence-electron chi connectivity index (χ1n) is 3.77. The lowest BCUT2D eigenvalue weighted by molar-refractivity contribution is 0.391. The molecule has 68 valence electrons. The quantitative estimate of drug-likeness (QED) is 0.699. The molecule has 0 unspecified atom stereocenters. The van der Waals surface area contributed by atoms with E-state index in [9.17, 15) is 0 Å². The number of hydrogen-bond donors (Lipinski definition) is 0. The summed E-state index contributed by atoms with van der Waals surface area (Å²) < 4.78 is 6.85. The van der Waals surface area contributed by atoms with Crippen LogP contribution in [0.1, 0.15) is 5.69 Å². The van der Waals surface area contributed by atoms with Gasteiger partial charge >= 0.3 is 0 Å². The third kappa shape index (κ3) is 1.33. The van der Waals surface area contributed by atoms with Gasteiger partial charge in [0, 0.05) is 11.8 Å². The topological polar surface area (TPSA) is 39.4 Å². The molecule has 0 aliphatic rings.